The predicted molar refractivity (Wildman–Crippen MR) is 45.8 cm³/mol. The molecule has 0 amide bonds. The highest BCUT2D eigenvalue weighted by atomic mass is 16.5. The molecule has 0 N–H and O–H groups in total. The summed E-state index contributed by atoms with van der Waals surface area (Å²) in [7, 11) is 0. The molecule has 0 spiro atoms. The van der Waals surface area contributed by atoms with E-state index in [0.29, 0.717) is 19.4 Å². The molecule has 0 aromatic heterocycles. The van der Waals surface area contributed by atoms with Gasteiger partial charge in [-0.15, -0.1) is 0 Å². The second-order valence-corrected chi connectivity index (χ2v) is 2.63. The van der Waals surface area contributed by atoms with Crippen molar-refractivity contribution in [1.82, 2.24) is 0 Å². The van der Waals surface area contributed by atoms with E-state index in [4.69, 9.17) is 4.74 Å². The van der Waals surface area contributed by atoms with Gasteiger partial charge in [-0.05, 0) is 19.3 Å². The number of rotatable bonds is 7. The van der Waals surface area contributed by atoms with E-state index in [1.807, 2.05) is 6.92 Å². The molecule has 0 unspecified atom stereocenters. The van der Waals surface area contributed by atoms with Gasteiger partial charge in [-0.25, -0.2) is 0 Å². The van der Waals surface area contributed by atoms with Gasteiger partial charge in [-0.3, -0.25) is 4.79 Å². The molecular formula is C9H16O3. The van der Waals surface area contributed by atoms with Crippen LogP contribution in [0, 0.1) is 0 Å². The van der Waals surface area contributed by atoms with Crippen LogP contribution in [0.1, 0.15) is 39.0 Å². The topological polar surface area (TPSA) is 43.4 Å². The minimum absolute atomic E-state index is 0.150. The van der Waals surface area contributed by atoms with E-state index >= 15 is 0 Å². The molecule has 0 aromatic rings. The summed E-state index contributed by atoms with van der Waals surface area (Å²) in [6.45, 7) is 2.46. The van der Waals surface area contributed by atoms with Gasteiger partial charge in [0.05, 0.1) is 6.61 Å². The van der Waals surface area contributed by atoms with Crippen LogP contribution >= 0.6 is 0 Å². The van der Waals surface area contributed by atoms with Crippen LogP contribution in [0.25, 0.3) is 0 Å². The molecule has 0 aromatic carbocycles. The van der Waals surface area contributed by atoms with Crippen molar-refractivity contribution in [2.45, 2.75) is 39.0 Å². The lowest BCUT2D eigenvalue weighted by atomic mass is 10.2. The van der Waals surface area contributed by atoms with Crippen molar-refractivity contribution in [1.29, 1.82) is 0 Å². The lowest BCUT2D eigenvalue weighted by Crippen LogP contribution is -2.04. The smallest absolute Gasteiger partial charge is 0.305 e. The Morgan fingerprint density at radius 3 is 2.75 bits per heavy atom. The summed E-state index contributed by atoms with van der Waals surface area (Å²) < 4.78 is 4.84. The maximum Gasteiger partial charge on any atom is 0.305 e. The van der Waals surface area contributed by atoms with E-state index in [0.717, 1.165) is 25.5 Å². The fourth-order valence-corrected chi connectivity index (χ4v) is 0.785. The van der Waals surface area contributed by atoms with Crippen molar-refractivity contribution in [3.05, 3.63) is 0 Å². The zero-order valence-electron chi connectivity index (χ0n) is 7.54. The van der Waals surface area contributed by atoms with Gasteiger partial charge in [0.15, 0.2) is 0 Å². The van der Waals surface area contributed by atoms with Gasteiger partial charge in [-0.1, -0.05) is 6.92 Å². The van der Waals surface area contributed by atoms with Crippen molar-refractivity contribution < 1.29 is 14.3 Å². The Morgan fingerprint density at radius 1 is 1.42 bits per heavy atom. The summed E-state index contributed by atoms with van der Waals surface area (Å²) in [5.41, 5.74) is 0. The van der Waals surface area contributed by atoms with Crippen LogP contribution < -0.4 is 0 Å². The highest BCUT2D eigenvalue weighted by Crippen LogP contribution is 1.99. The number of aldehydes is 1. The first-order valence-corrected chi connectivity index (χ1v) is 4.40. The quantitative estimate of drug-likeness (QED) is 0.333. The maximum atomic E-state index is 10.9. The van der Waals surface area contributed by atoms with Gasteiger partial charge in [0.1, 0.15) is 6.29 Å². The molecule has 0 saturated carbocycles. The number of esters is 1. The number of hydrogen-bond donors (Lipinski definition) is 0. The summed E-state index contributed by atoms with van der Waals surface area (Å²) in [5.74, 6) is -0.150. The highest BCUT2D eigenvalue weighted by molar-refractivity contribution is 5.69. The molecule has 3 heteroatoms. The molecule has 0 heterocycles. The monoisotopic (exact) mass is 172 g/mol. The standard InChI is InChI=1S/C9H16O3/c1-2-8-12-9(11)6-4-3-5-7-10/h7H,2-6,8H2,1H3. The number of carbonyl (C=O) groups excluding carboxylic acids is 2. The zero-order chi connectivity index (χ0) is 9.23. The van der Waals surface area contributed by atoms with E-state index in [-0.39, 0.29) is 5.97 Å². The Labute approximate surface area is 73.1 Å². The number of unbranched alkanes of at least 4 members (excludes halogenated alkanes) is 2. The largest absolute Gasteiger partial charge is 0.466 e. The lowest BCUT2D eigenvalue weighted by Gasteiger charge is -2.01. The van der Waals surface area contributed by atoms with Gasteiger partial charge in [0.25, 0.3) is 0 Å². The van der Waals surface area contributed by atoms with Crippen LogP contribution in [0.4, 0.5) is 0 Å². The Hall–Kier alpha value is -0.860. The van der Waals surface area contributed by atoms with Gasteiger partial charge >= 0.3 is 5.97 Å². The first-order chi connectivity index (χ1) is 5.81. The van der Waals surface area contributed by atoms with Crippen molar-refractivity contribution in [3.63, 3.8) is 0 Å². The molecular weight excluding hydrogens is 156 g/mol. The SMILES string of the molecule is CCCOC(=O)CCCCC=O. The molecule has 0 aliphatic rings. The average molecular weight is 172 g/mol. The molecule has 0 radical (unpaired) electrons. The Morgan fingerprint density at radius 2 is 2.17 bits per heavy atom. The molecule has 70 valence electrons. The number of hydrogen-bond acceptors (Lipinski definition) is 3. The predicted octanol–water partition coefficient (Wildman–Crippen LogP) is 1.70. The van der Waals surface area contributed by atoms with Crippen molar-refractivity contribution >= 4 is 12.3 Å². The van der Waals surface area contributed by atoms with Crippen molar-refractivity contribution in [3.8, 4) is 0 Å². The number of carbonyl (C=O) groups is 2. The van der Waals surface area contributed by atoms with Crippen molar-refractivity contribution in [2.24, 2.45) is 0 Å². The Balaban J connectivity index is 3.13. The summed E-state index contributed by atoms with van der Waals surface area (Å²) in [5, 5.41) is 0. The Bertz CT molecular complexity index is 132. The molecule has 0 bridgehead atoms. The molecule has 0 saturated heterocycles. The Kier molecular flexibility index (Phi) is 7.65. The average Bonchev–Trinajstić information content (AvgIpc) is 2.09. The lowest BCUT2D eigenvalue weighted by molar-refractivity contribution is -0.143. The summed E-state index contributed by atoms with van der Waals surface area (Å²) >= 11 is 0. The maximum absolute atomic E-state index is 10.9. The van der Waals surface area contributed by atoms with E-state index in [1.54, 1.807) is 0 Å². The first-order valence-electron chi connectivity index (χ1n) is 4.40. The zero-order valence-corrected chi connectivity index (χ0v) is 7.54. The first kappa shape index (κ1) is 11.1. The third kappa shape index (κ3) is 7.25. The van der Waals surface area contributed by atoms with Crippen LogP contribution in [0.3, 0.4) is 0 Å². The molecule has 0 atom stereocenters. The molecule has 0 rings (SSSR count). The molecule has 0 fully saturated rings. The highest BCUT2D eigenvalue weighted by Gasteiger charge is 2.00. The third-order valence-electron chi connectivity index (χ3n) is 1.42. The van der Waals surface area contributed by atoms with E-state index in [2.05, 4.69) is 0 Å². The second kappa shape index (κ2) is 8.24. The number of ether oxygens (including phenoxy) is 1. The van der Waals surface area contributed by atoms with Gasteiger partial charge in [-0.2, -0.15) is 0 Å². The fraction of sp³-hybridized carbons (Fsp3) is 0.778. The molecule has 0 aliphatic carbocycles. The normalized spacial score (nSPS) is 9.42. The van der Waals surface area contributed by atoms with Crippen molar-refractivity contribution in [2.75, 3.05) is 6.61 Å². The van der Waals surface area contributed by atoms with Gasteiger partial charge < -0.3 is 9.53 Å². The van der Waals surface area contributed by atoms with Gasteiger partial charge in [0.2, 0.25) is 0 Å². The van der Waals surface area contributed by atoms with Crippen LogP contribution in [0.15, 0.2) is 0 Å². The minimum atomic E-state index is -0.150. The molecule has 12 heavy (non-hydrogen) atoms. The molecule has 0 aliphatic heterocycles. The third-order valence-corrected chi connectivity index (χ3v) is 1.42. The van der Waals surface area contributed by atoms with Crippen LogP contribution in [-0.2, 0) is 14.3 Å². The van der Waals surface area contributed by atoms with Crippen LogP contribution in [-0.4, -0.2) is 18.9 Å². The summed E-state index contributed by atoms with van der Waals surface area (Å²) in [6.07, 6.45) is 4.25. The fourth-order valence-electron chi connectivity index (χ4n) is 0.785. The summed E-state index contributed by atoms with van der Waals surface area (Å²) in [6, 6.07) is 0. The summed E-state index contributed by atoms with van der Waals surface area (Å²) in [4.78, 5) is 20.8. The minimum Gasteiger partial charge on any atom is -0.466 e. The van der Waals surface area contributed by atoms with E-state index < -0.39 is 0 Å². The van der Waals surface area contributed by atoms with E-state index in [9.17, 15) is 9.59 Å². The van der Waals surface area contributed by atoms with Gasteiger partial charge in [0, 0.05) is 12.8 Å². The molecule has 3 nitrogen and oxygen atoms in total. The second-order valence-electron chi connectivity index (χ2n) is 2.63. The van der Waals surface area contributed by atoms with Crippen LogP contribution in [0.5, 0.6) is 0 Å². The van der Waals surface area contributed by atoms with Crippen LogP contribution in [0.2, 0.25) is 0 Å². The van der Waals surface area contributed by atoms with E-state index in [1.165, 1.54) is 0 Å².